The van der Waals surface area contributed by atoms with E-state index in [1.165, 1.54) is 6.92 Å². The monoisotopic (exact) mass is 402 g/mol. The Balaban J connectivity index is 1.52. The van der Waals surface area contributed by atoms with Gasteiger partial charge in [0.05, 0.1) is 6.54 Å². The summed E-state index contributed by atoms with van der Waals surface area (Å²) >= 11 is 0. The zero-order chi connectivity index (χ0) is 20.9. The minimum atomic E-state index is -0.747. The summed E-state index contributed by atoms with van der Waals surface area (Å²) in [6, 6.07) is 16.9. The third kappa shape index (κ3) is 4.38. The number of carbonyl (C=O) groups excluding carboxylic acids is 2. The molecule has 3 N–H and O–H groups in total. The number of rotatable bonds is 7. The highest BCUT2D eigenvalue weighted by atomic mass is 16.2. The topological polar surface area (TPSA) is 105 Å². The average molecular weight is 402 g/mol. The van der Waals surface area contributed by atoms with Crippen LogP contribution < -0.4 is 10.6 Å². The fourth-order valence-corrected chi connectivity index (χ4v) is 3.42. The smallest absolute Gasteiger partial charge is 0.249 e. The molecule has 2 heterocycles. The number of para-hydroxylation sites is 1. The number of amides is 2. The highest BCUT2D eigenvalue weighted by Gasteiger charge is 2.23. The van der Waals surface area contributed by atoms with Crippen LogP contribution in [0.4, 0.5) is 5.95 Å². The second-order valence-corrected chi connectivity index (χ2v) is 7.07. The SMILES string of the molecule is CC(=O)NC(Cc1c[nH]c2ccccc12)C(=O)Nc1nncn1Cc1ccccc1. The molecule has 8 nitrogen and oxygen atoms in total. The van der Waals surface area contributed by atoms with E-state index in [2.05, 4.69) is 25.8 Å². The molecule has 2 aromatic carbocycles. The fourth-order valence-electron chi connectivity index (χ4n) is 3.42. The first kappa shape index (κ1) is 19.4. The average Bonchev–Trinajstić information content (AvgIpc) is 3.35. The van der Waals surface area contributed by atoms with E-state index in [-0.39, 0.29) is 11.8 Å². The van der Waals surface area contributed by atoms with Crippen molar-refractivity contribution >= 4 is 28.7 Å². The first-order valence-corrected chi connectivity index (χ1v) is 9.65. The number of nitrogens with zero attached hydrogens (tertiary/aromatic N) is 3. The molecular weight excluding hydrogens is 380 g/mol. The number of hydrogen-bond acceptors (Lipinski definition) is 4. The van der Waals surface area contributed by atoms with Gasteiger partial charge in [0.15, 0.2) is 0 Å². The number of aromatic amines is 1. The van der Waals surface area contributed by atoms with Gasteiger partial charge in [-0.3, -0.25) is 19.5 Å². The maximum absolute atomic E-state index is 13.0. The zero-order valence-corrected chi connectivity index (χ0v) is 16.5. The van der Waals surface area contributed by atoms with Gasteiger partial charge in [0.25, 0.3) is 0 Å². The summed E-state index contributed by atoms with van der Waals surface area (Å²) in [5.41, 5.74) is 2.99. The standard InChI is InChI=1S/C22H22N6O2/c1-15(29)25-20(11-17-12-23-19-10-6-5-9-18(17)19)21(30)26-22-27-24-14-28(22)13-16-7-3-2-4-8-16/h2-10,12,14,20,23H,11,13H2,1H3,(H,25,29)(H,26,27,30). The van der Waals surface area contributed by atoms with Crippen molar-refractivity contribution in [3.63, 3.8) is 0 Å². The van der Waals surface area contributed by atoms with Crippen LogP contribution in [0.2, 0.25) is 0 Å². The van der Waals surface area contributed by atoms with Crippen molar-refractivity contribution in [3.05, 3.63) is 78.2 Å². The number of carbonyl (C=O) groups is 2. The zero-order valence-electron chi connectivity index (χ0n) is 16.5. The Morgan fingerprint density at radius 2 is 1.87 bits per heavy atom. The third-order valence-corrected chi connectivity index (χ3v) is 4.84. The summed E-state index contributed by atoms with van der Waals surface area (Å²) in [6.45, 7) is 1.92. The van der Waals surface area contributed by atoms with Gasteiger partial charge in [0, 0.05) is 30.4 Å². The van der Waals surface area contributed by atoms with Crippen molar-refractivity contribution in [2.75, 3.05) is 5.32 Å². The summed E-state index contributed by atoms with van der Waals surface area (Å²) in [7, 11) is 0. The van der Waals surface area contributed by atoms with Crippen LogP contribution in [0.1, 0.15) is 18.1 Å². The number of hydrogen-bond donors (Lipinski definition) is 3. The number of fused-ring (bicyclic) bond motifs is 1. The van der Waals surface area contributed by atoms with E-state index >= 15 is 0 Å². The van der Waals surface area contributed by atoms with Gasteiger partial charge in [0.2, 0.25) is 17.8 Å². The summed E-state index contributed by atoms with van der Waals surface area (Å²) in [5.74, 6) is -0.295. The molecule has 152 valence electrons. The van der Waals surface area contributed by atoms with Gasteiger partial charge in [-0.15, -0.1) is 10.2 Å². The molecule has 30 heavy (non-hydrogen) atoms. The summed E-state index contributed by atoms with van der Waals surface area (Å²) in [4.78, 5) is 27.9. The lowest BCUT2D eigenvalue weighted by Gasteiger charge is -2.17. The lowest BCUT2D eigenvalue weighted by Crippen LogP contribution is -2.44. The Morgan fingerprint density at radius 3 is 2.67 bits per heavy atom. The maximum atomic E-state index is 13.0. The first-order valence-electron chi connectivity index (χ1n) is 9.65. The van der Waals surface area contributed by atoms with Gasteiger partial charge >= 0.3 is 0 Å². The minimum absolute atomic E-state index is 0.277. The molecule has 4 aromatic rings. The van der Waals surface area contributed by atoms with Gasteiger partial charge in [-0.1, -0.05) is 48.5 Å². The molecule has 8 heteroatoms. The predicted molar refractivity (Wildman–Crippen MR) is 114 cm³/mol. The van der Waals surface area contributed by atoms with Crippen molar-refractivity contribution in [3.8, 4) is 0 Å². The van der Waals surface area contributed by atoms with Crippen molar-refractivity contribution in [1.82, 2.24) is 25.1 Å². The molecule has 4 rings (SSSR count). The third-order valence-electron chi connectivity index (χ3n) is 4.84. The Labute approximate surface area is 173 Å². The largest absolute Gasteiger partial charge is 0.361 e. The van der Waals surface area contributed by atoms with E-state index in [4.69, 9.17) is 0 Å². The fraction of sp³-hybridized carbons (Fsp3) is 0.182. The second kappa shape index (κ2) is 8.60. The molecule has 0 saturated heterocycles. The van der Waals surface area contributed by atoms with Crippen LogP contribution in [0.15, 0.2) is 67.1 Å². The normalized spacial score (nSPS) is 11.9. The number of anilines is 1. The van der Waals surface area contributed by atoms with Crippen LogP contribution >= 0.6 is 0 Å². The van der Waals surface area contributed by atoms with Gasteiger partial charge in [-0.25, -0.2) is 0 Å². The van der Waals surface area contributed by atoms with E-state index in [0.29, 0.717) is 18.9 Å². The van der Waals surface area contributed by atoms with E-state index in [9.17, 15) is 9.59 Å². The van der Waals surface area contributed by atoms with E-state index < -0.39 is 6.04 Å². The molecule has 0 aliphatic carbocycles. The van der Waals surface area contributed by atoms with E-state index in [0.717, 1.165) is 22.0 Å². The van der Waals surface area contributed by atoms with Crippen LogP contribution in [-0.4, -0.2) is 37.6 Å². The molecule has 2 aromatic heterocycles. The van der Waals surface area contributed by atoms with Gasteiger partial charge in [-0.05, 0) is 17.2 Å². The van der Waals surface area contributed by atoms with Crippen molar-refractivity contribution in [1.29, 1.82) is 0 Å². The Bertz CT molecular complexity index is 1160. The van der Waals surface area contributed by atoms with Crippen LogP contribution in [0.5, 0.6) is 0 Å². The molecule has 0 aliphatic rings. The lowest BCUT2D eigenvalue weighted by atomic mass is 10.0. The molecule has 0 fully saturated rings. The second-order valence-electron chi connectivity index (χ2n) is 7.07. The maximum Gasteiger partial charge on any atom is 0.249 e. The van der Waals surface area contributed by atoms with Crippen LogP contribution in [0.25, 0.3) is 10.9 Å². The Kier molecular flexibility index (Phi) is 5.56. The highest BCUT2D eigenvalue weighted by Crippen LogP contribution is 2.19. The van der Waals surface area contributed by atoms with E-state index in [1.54, 1.807) is 10.9 Å². The molecule has 0 spiro atoms. The molecular formula is C22H22N6O2. The molecule has 0 radical (unpaired) electrons. The van der Waals surface area contributed by atoms with Gasteiger partial charge < -0.3 is 10.3 Å². The van der Waals surface area contributed by atoms with Crippen molar-refractivity contribution < 1.29 is 9.59 Å². The van der Waals surface area contributed by atoms with Gasteiger partial charge in [0.1, 0.15) is 12.4 Å². The number of H-pyrrole nitrogens is 1. The van der Waals surface area contributed by atoms with E-state index in [1.807, 2.05) is 60.8 Å². The number of nitrogens with one attached hydrogen (secondary N) is 3. The number of benzene rings is 2. The van der Waals surface area contributed by atoms with Crippen molar-refractivity contribution in [2.24, 2.45) is 0 Å². The Hall–Kier alpha value is -3.94. The van der Waals surface area contributed by atoms with Crippen molar-refractivity contribution in [2.45, 2.75) is 25.9 Å². The summed E-state index contributed by atoms with van der Waals surface area (Å²) in [6.07, 6.45) is 3.78. The predicted octanol–water partition coefficient (Wildman–Crippen LogP) is 2.49. The van der Waals surface area contributed by atoms with Crippen LogP contribution in [0.3, 0.4) is 0 Å². The summed E-state index contributed by atoms with van der Waals surface area (Å²) < 4.78 is 1.75. The molecule has 1 unspecified atom stereocenters. The molecule has 0 aliphatic heterocycles. The summed E-state index contributed by atoms with van der Waals surface area (Å²) in [5, 5.41) is 14.5. The first-order chi connectivity index (χ1) is 14.6. The lowest BCUT2D eigenvalue weighted by molar-refractivity contribution is -0.125. The number of aromatic nitrogens is 4. The highest BCUT2D eigenvalue weighted by molar-refractivity contribution is 5.96. The van der Waals surface area contributed by atoms with Crippen LogP contribution in [0, 0.1) is 0 Å². The Morgan fingerprint density at radius 1 is 1.10 bits per heavy atom. The molecule has 2 amide bonds. The molecule has 0 saturated carbocycles. The molecule has 0 bridgehead atoms. The van der Waals surface area contributed by atoms with Crippen LogP contribution in [-0.2, 0) is 22.6 Å². The minimum Gasteiger partial charge on any atom is -0.361 e. The quantitative estimate of drug-likeness (QED) is 0.442. The van der Waals surface area contributed by atoms with Gasteiger partial charge in [-0.2, -0.15) is 0 Å². The molecule has 1 atom stereocenters.